The molecule has 0 saturated heterocycles. The first-order valence-electron chi connectivity index (χ1n) is 4.26. The maximum atomic E-state index is 8.95. The van der Waals surface area contributed by atoms with Crippen LogP contribution in [0.4, 0.5) is 5.82 Å². The zero-order valence-electron chi connectivity index (χ0n) is 8.55. The highest BCUT2D eigenvalue weighted by Gasteiger charge is 2.20. The van der Waals surface area contributed by atoms with Crippen molar-refractivity contribution in [3.8, 4) is 6.07 Å². The Morgan fingerprint density at radius 1 is 1.46 bits per heavy atom. The standard InChI is InChI=1S/C10H15N3/c1-7-5-9(12)13(8(7)6-11)10(2,3)4/h5H,12H2,1-4H3. The number of anilines is 1. The van der Waals surface area contributed by atoms with Gasteiger partial charge in [-0.1, -0.05) is 0 Å². The van der Waals surface area contributed by atoms with Crippen molar-refractivity contribution in [2.24, 2.45) is 0 Å². The molecule has 0 unspecified atom stereocenters. The number of nitrogens with two attached hydrogens (primary N) is 1. The summed E-state index contributed by atoms with van der Waals surface area (Å²) in [6, 6.07) is 4.01. The molecule has 0 fully saturated rings. The van der Waals surface area contributed by atoms with Crippen LogP contribution in [0.5, 0.6) is 0 Å². The van der Waals surface area contributed by atoms with Gasteiger partial charge in [-0.25, -0.2) is 0 Å². The number of hydrogen-bond acceptors (Lipinski definition) is 2. The van der Waals surface area contributed by atoms with E-state index in [9.17, 15) is 0 Å². The molecule has 70 valence electrons. The molecule has 2 N–H and O–H groups in total. The first-order chi connectivity index (χ1) is 5.88. The monoisotopic (exact) mass is 177 g/mol. The van der Waals surface area contributed by atoms with E-state index < -0.39 is 0 Å². The van der Waals surface area contributed by atoms with Crippen LogP contribution in [0.25, 0.3) is 0 Å². The van der Waals surface area contributed by atoms with E-state index in [0.29, 0.717) is 11.5 Å². The van der Waals surface area contributed by atoms with Crippen molar-refractivity contribution in [1.82, 2.24) is 4.57 Å². The molecule has 0 aliphatic rings. The molecule has 0 amide bonds. The van der Waals surface area contributed by atoms with Gasteiger partial charge >= 0.3 is 0 Å². The Morgan fingerprint density at radius 2 is 2.00 bits per heavy atom. The smallest absolute Gasteiger partial charge is 0.125 e. The number of nitriles is 1. The second-order valence-corrected chi connectivity index (χ2v) is 4.22. The molecule has 0 aliphatic heterocycles. The second kappa shape index (κ2) is 2.81. The summed E-state index contributed by atoms with van der Waals surface area (Å²) in [6.45, 7) is 7.99. The van der Waals surface area contributed by atoms with Crippen LogP contribution >= 0.6 is 0 Å². The maximum absolute atomic E-state index is 8.95. The number of nitrogen functional groups attached to an aromatic ring is 1. The van der Waals surface area contributed by atoms with E-state index >= 15 is 0 Å². The van der Waals surface area contributed by atoms with Crippen LogP contribution in [0.15, 0.2) is 6.07 Å². The van der Waals surface area contributed by atoms with Crippen LogP contribution in [0.3, 0.4) is 0 Å². The lowest BCUT2D eigenvalue weighted by Crippen LogP contribution is -2.24. The molecule has 1 aromatic heterocycles. The molecule has 0 spiro atoms. The average Bonchev–Trinajstić information content (AvgIpc) is 2.23. The Hall–Kier alpha value is -1.43. The molecular formula is C10H15N3. The fraction of sp³-hybridized carbons (Fsp3) is 0.500. The summed E-state index contributed by atoms with van der Waals surface area (Å²) < 4.78 is 1.86. The zero-order chi connectivity index (χ0) is 10.2. The minimum Gasteiger partial charge on any atom is -0.385 e. The van der Waals surface area contributed by atoms with Gasteiger partial charge in [0.15, 0.2) is 0 Å². The van der Waals surface area contributed by atoms with E-state index in [1.807, 2.05) is 38.3 Å². The normalized spacial score (nSPS) is 11.3. The van der Waals surface area contributed by atoms with E-state index in [1.165, 1.54) is 0 Å². The van der Waals surface area contributed by atoms with Gasteiger partial charge in [0.25, 0.3) is 0 Å². The SMILES string of the molecule is Cc1cc(N)n(C(C)(C)C)c1C#N. The second-order valence-electron chi connectivity index (χ2n) is 4.22. The predicted molar refractivity (Wildman–Crippen MR) is 53.3 cm³/mol. The van der Waals surface area contributed by atoms with Gasteiger partial charge in [-0.05, 0) is 39.3 Å². The van der Waals surface area contributed by atoms with Gasteiger partial charge in [-0.2, -0.15) is 5.26 Å². The summed E-state index contributed by atoms with van der Waals surface area (Å²) in [5.41, 5.74) is 7.28. The number of nitrogens with zero attached hydrogens (tertiary/aromatic N) is 2. The molecule has 3 nitrogen and oxygen atoms in total. The molecule has 0 aliphatic carbocycles. The van der Waals surface area contributed by atoms with Gasteiger partial charge < -0.3 is 10.3 Å². The highest BCUT2D eigenvalue weighted by molar-refractivity contribution is 5.47. The fourth-order valence-electron chi connectivity index (χ4n) is 1.52. The van der Waals surface area contributed by atoms with Crippen LogP contribution in [0.1, 0.15) is 32.0 Å². The average molecular weight is 177 g/mol. The van der Waals surface area contributed by atoms with E-state index in [0.717, 1.165) is 5.56 Å². The Kier molecular flexibility index (Phi) is 2.09. The minimum absolute atomic E-state index is 0.136. The van der Waals surface area contributed by atoms with Crippen LogP contribution < -0.4 is 5.73 Å². The summed E-state index contributed by atoms with van der Waals surface area (Å²) in [5, 5.41) is 8.95. The molecule has 1 heterocycles. The molecule has 0 bridgehead atoms. The van der Waals surface area contributed by atoms with Crippen molar-refractivity contribution in [2.75, 3.05) is 5.73 Å². The van der Waals surface area contributed by atoms with E-state index in [-0.39, 0.29) is 5.54 Å². The minimum atomic E-state index is -0.136. The number of hydrogen-bond donors (Lipinski definition) is 1. The summed E-state index contributed by atoms with van der Waals surface area (Å²) in [6.07, 6.45) is 0. The summed E-state index contributed by atoms with van der Waals surface area (Å²) in [7, 11) is 0. The fourth-order valence-corrected chi connectivity index (χ4v) is 1.52. The van der Waals surface area contributed by atoms with Crippen LogP contribution in [0, 0.1) is 18.3 Å². The molecule has 0 atom stereocenters. The molecular weight excluding hydrogens is 162 g/mol. The molecule has 0 saturated carbocycles. The van der Waals surface area contributed by atoms with Crippen molar-refractivity contribution in [3.05, 3.63) is 17.3 Å². The van der Waals surface area contributed by atoms with Crippen molar-refractivity contribution < 1.29 is 0 Å². The molecule has 0 radical (unpaired) electrons. The quantitative estimate of drug-likeness (QED) is 0.659. The third kappa shape index (κ3) is 1.52. The summed E-state index contributed by atoms with van der Waals surface area (Å²) in [4.78, 5) is 0. The summed E-state index contributed by atoms with van der Waals surface area (Å²) in [5.74, 6) is 0.654. The van der Waals surface area contributed by atoms with Crippen molar-refractivity contribution >= 4 is 5.82 Å². The molecule has 1 rings (SSSR count). The van der Waals surface area contributed by atoms with Crippen LogP contribution in [0.2, 0.25) is 0 Å². The first kappa shape index (κ1) is 9.66. The third-order valence-corrected chi connectivity index (χ3v) is 2.00. The zero-order valence-corrected chi connectivity index (χ0v) is 8.55. The first-order valence-corrected chi connectivity index (χ1v) is 4.26. The Bertz CT molecular complexity index is 361. The number of aryl methyl sites for hydroxylation is 1. The summed E-state index contributed by atoms with van der Waals surface area (Å²) >= 11 is 0. The number of aromatic nitrogens is 1. The lowest BCUT2D eigenvalue weighted by atomic mass is 10.1. The van der Waals surface area contributed by atoms with Crippen molar-refractivity contribution in [2.45, 2.75) is 33.2 Å². The predicted octanol–water partition coefficient (Wildman–Crippen LogP) is 2.01. The number of rotatable bonds is 0. The van der Waals surface area contributed by atoms with Gasteiger partial charge in [0.05, 0.1) is 0 Å². The van der Waals surface area contributed by atoms with Gasteiger partial charge in [0.2, 0.25) is 0 Å². The molecule has 13 heavy (non-hydrogen) atoms. The Balaban J connectivity index is 3.45. The Labute approximate surface area is 78.8 Å². The van der Waals surface area contributed by atoms with Crippen molar-refractivity contribution in [3.63, 3.8) is 0 Å². The van der Waals surface area contributed by atoms with E-state index in [2.05, 4.69) is 6.07 Å². The molecule has 0 aromatic carbocycles. The molecule has 3 heteroatoms. The lowest BCUT2D eigenvalue weighted by molar-refractivity contribution is 0.400. The highest BCUT2D eigenvalue weighted by Crippen LogP contribution is 2.25. The largest absolute Gasteiger partial charge is 0.385 e. The topological polar surface area (TPSA) is 54.7 Å². The van der Waals surface area contributed by atoms with Crippen LogP contribution in [-0.4, -0.2) is 4.57 Å². The third-order valence-electron chi connectivity index (χ3n) is 2.00. The van der Waals surface area contributed by atoms with E-state index in [4.69, 9.17) is 11.0 Å². The van der Waals surface area contributed by atoms with Crippen LogP contribution in [-0.2, 0) is 5.54 Å². The van der Waals surface area contributed by atoms with Gasteiger partial charge in [-0.3, -0.25) is 0 Å². The van der Waals surface area contributed by atoms with Gasteiger partial charge in [0, 0.05) is 5.54 Å². The van der Waals surface area contributed by atoms with E-state index in [1.54, 1.807) is 0 Å². The van der Waals surface area contributed by atoms with Crippen molar-refractivity contribution in [1.29, 1.82) is 5.26 Å². The lowest BCUT2D eigenvalue weighted by Gasteiger charge is -2.24. The Morgan fingerprint density at radius 3 is 2.31 bits per heavy atom. The van der Waals surface area contributed by atoms with Gasteiger partial charge in [-0.15, -0.1) is 0 Å². The highest BCUT2D eigenvalue weighted by atomic mass is 15.1. The molecule has 1 aromatic rings. The maximum Gasteiger partial charge on any atom is 0.125 e. The van der Waals surface area contributed by atoms with Gasteiger partial charge in [0.1, 0.15) is 17.6 Å².